The Kier molecular flexibility index (Phi) is 12.3. The van der Waals surface area contributed by atoms with Crippen molar-refractivity contribution in [3.8, 4) is 0 Å². The third-order valence-electron chi connectivity index (χ3n) is 6.56. The van der Waals surface area contributed by atoms with Gasteiger partial charge in [-0.1, -0.05) is 26.0 Å². The number of nitro groups is 2. The number of hydrogen-bond donors (Lipinski definition) is 3. The smallest absolute Gasteiger partial charge is 0.305 e. The van der Waals surface area contributed by atoms with Crippen LogP contribution in [0, 0.1) is 37.9 Å². The van der Waals surface area contributed by atoms with Crippen LogP contribution in [-0.2, 0) is 13.2 Å². The number of piperidine rings is 2. The highest BCUT2D eigenvalue weighted by molar-refractivity contribution is 5.64. The SMILES string of the molecule is CC1CCN(c2ccc(CO)cc2[N+](=O)[O-])CC1.CC1CCNCC1.O=[N+]([O-])c1cc(CO)ccc1F. The number of nitro benzene ring substituents is 2. The first kappa shape index (κ1) is 30.1. The highest BCUT2D eigenvalue weighted by atomic mass is 19.1. The van der Waals surface area contributed by atoms with Gasteiger partial charge in [0.1, 0.15) is 5.69 Å². The molecule has 0 aromatic heterocycles. The van der Waals surface area contributed by atoms with Crippen molar-refractivity contribution in [1.82, 2.24) is 5.32 Å². The average Bonchev–Trinajstić information content (AvgIpc) is 2.90. The van der Waals surface area contributed by atoms with Gasteiger partial charge in [0, 0.05) is 25.2 Å². The number of rotatable bonds is 5. The normalized spacial score (nSPS) is 16.2. The lowest BCUT2D eigenvalue weighted by molar-refractivity contribution is -0.387. The van der Waals surface area contributed by atoms with E-state index in [0.29, 0.717) is 22.7 Å². The van der Waals surface area contributed by atoms with Gasteiger partial charge < -0.3 is 20.4 Å². The summed E-state index contributed by atoms with van der Waals surface area (Å²) in [4.78, 5) is 22.1. The van der Waals surface area contributed by atoms with Crippen LogP contribution in [0.25, 0.3) is 0 Å². The maximum atomic E-state index is 12.6. The van der Waals surface area contributed by atoms with Gasteiger partial charge in [0.15, 0.2) is 0 Å². The standard InChI is InChI=1S/C13H18N2O3.C7H6FNO3.C6H13N/c1-10-4-6-14(7-5-10)12-3-2-11(9-16)8-13(12)15(17)18;8-6-2-1-5(4-10)3-7(6)9(11)12;1-6-2-4-7-5-3-6/h2-3,8,10,16H,4-7,9H2,1H3;1-3,10H,4H2;6-7H,2-5H2,1H3. The van der Waals surface area contributed by atoms with E-state index in [9.17, 15) is 24.6 Å². The predicted octanol–water partition coefficient (Wildman–Crippen LogP) is 4.56. The summed E-state index contributed by atoms with van der Waals surface area (Å²) in [5, 5.41) is 42.2. The number of benzene rings is 2. The Hall–Kier alpha value is -3.15. The maximum absolute atomic E-state index is 12.6. The van der Waals surface area contributed by atoms with E-state index in [1.165, 1.54) is 38.1 Å². The van der Waals surface area contributed by atoms with Crippen LogP contribution >= 0.6 is 0 Å². The molecule has 2 aromatic rings. The third-order valence-corrected chi connectivity index (χ3v) is 6.56. The number of aliphatic hydroxyl groups excluding tert-OH is 2. The minimum Gasteiger partial charge on any atom is -0.392 e. The van der Waals surface area contributed by atoms with Crippen LogP contribution < -0.4 is 10.2 Å². The van der Waals surface area contributed by atoms with Crippen LogP contribution in [0.1, 0.15) is 50.7 Å². The van der Waals surface area contributed by atoms with Gasteiger partial charge in [0.05, 0.1) is 23.1 Å². The first-order valence-electron chi connectivity index (χ1n) is 12.5. The number of nitrogens with one attached hydrogen (secondary N) is 1. The van der Waals surface area contributed by atoms with Gasteiger partial charge >= 0.3 is 5.69 Å². The van der Waals surface area contributed by atoms with Gasteiger partial charge in [-0.3, -0.25) is 20.2 Å². The molecule has 0 saturated carbocycles. The number of aliphatic hydroxyl groups is 2. The largest absolute Gasteiger partial charge is 0.392 e. The molecule has 0 radical (unpaired) electrons. The Morgan fingerprint density at radius 3 is 1.81 bits per heavy atom. The molecule has 4 rings (SSSR count). The molecule has 0 atom stereocenters. The van der Waals surface area contributed by atoms with E-state index in [-0.39, 0.29) is 23.8 Å². The van der Waals surface area contributed by atoms with Crippen LogP contribution in [-0.4, -0.2) is 46.2 Å². The van der Waals surface area contributed by atoms with Gasteiger partial charge in [-0.15, -0.1) is 0 Å². The fourth-order valence-corrected chi connectivity index (χ4v) is 4.09. The van der Waals surface area contributed by atoms with Gasteiger partial charge in [0.2, 0.25) is 5.82 Å². The number of halogens is 1. The molecule has 2 aliphatic rings. The summed E-state index contributed by atoms with van der Waals surface area (Å²) in [6, 6.07) is 8.23. The van der Waals surface area contributed by atoms with Crippen molar-refractivity contribution in [3.05, 3.63) is 73.6 Å². The van der Waals surface area contributed by atoms with E-state index in [0.717, 1.165) is 44.0 Å². The third kappa shape index (κ3) is 9.67. The minimum absolute atomic E-state index is 0.0936. The molecule has 2 heterocycles. The highest BCUT2D eigenvalue weighted by Crippen LogP contribution is 2.32. The molecule has 10 nitrogen and oxygen atoms in total. The summed E-state index contributed by atoms with van der Waals surface area (Å²) in [5.74, 6) is 0.774. The second-order valence-electron chi connectivity index (χ2n) is 9.54. The summed E-state index contributed by atoms with van der Waals surface area (Å²) in [6.45, 7) is 8.23. The average molecular weight is 521 g/mol. The Morgan fingerprint density at radius 2 is 1.35 bits per heavy atom. The van der Waals surface area contributed by atoms with Crippen molar-refractivity contribution in [1.29, 1.82) is 0 Å². The molecule has 0 amide bonds. The molecule has 2 fully saturated rings. The summed E-state index contributed by atoms with van der Waals surface area (Å²) in [7, 11) is 0. The lowest BCUT2D eigenvalue weighted by Crippen LogP contribution is -2.33. The highest BCUT2D eigenvalue weighted by Gasteiger charge is 2.23. The van der Waals surface area contributed by atoms with Crippen molar-refractivity contribution in [2.45, 2.75) is 52.7 Å². The molecular weight excluding hydrogens is 483 g/mol. The van der Waals surface area contributed by atoms with E-state index in [1.807, 2.05) is 0 Å². The summed E-state index contributed by atoms with van der Waals surface area (Å²) in [5.41, 5.74) is 1.06. The fourth-order valence-electron chi connectivity index (χ4n) is 4.09. The molecule has 2 aromatic carbocycles. The zero-order valence-corrected chi connectivity index (χ0v) is 21.4. The number of anilines is 1. The summed E-state index contributed by atoms with van der Waals surface area (Å²) in [6.07, 6.45) is 4.89. The zero-order valence-electron chi connectivity index (χ0n) is 21.4. The zero-order chi connectivity index (χ0) is 27.4. The Balaban J connectivity index is 0.000000217. The fraction of sp³-hybridized carbons (Fsp3) is 0.538. The van der Waals surface area contributed by atoms with Crippen LogP contribution in [0.4, 0.5) is 21.5 Å². The second-order valence-corrected chi connectivity index (χ2v) is 9.54. The molecule has 37 heavy (non-hydrogen) atoms. The van der Waals surface area contributed by atoms with Crippen molar-refractivity contribution in [3.63, 3.8) is 0 Å². The van der Waals surface area contributed by atoms with Gasteiger partial charge in [0.25, 0.3) is 5.69 Å². The van der Waals surface area contributed by atoms with E-state index in [2.05, 4.69) is 24.1 Å². The van der Waals surface area contributed by atoms with Gasteiger partial charge in [-0.25, -0.2) is 0 Å². The molecule has 0 unspecified atom stereocenters. The summed E-state index contributed by atoms with van der Waals surface area (Å²) < 4.78 is 12.6. The summed E-state index contributed by atoms with van der Waals surface area (Å²) >= 11 is 0. The lowest BCUT2D eigenvalue weighted by atomic mass is 9.98. The Labute approximate surface area is 216 Å². The van der Waals surface area contributed by atoms with Crippen LogP contribution in [0.3, 0.4) is 0 Å². The second kappa shape index (κ2) is 15.2. The van der Waals surface area contributed by atoms with Crippen molar-refractivity contribution in [2.75, 3.05) is 31.1 Å². The molecule has 2 aliphatic heterocycles. The maximum Gasteiger partial charge on any atom is 0.305 e. The molecule has 0 bridgehead atoms. The first-order chi connectivity index (χ1) is 17.7. The predicted molar refractivity (Wildman–Crippen MR) is 140 cm³/mol. The van der Waals surface area contributed by atoms with Crippen molar-refractivity contribution >= 4 is 17.1 Å². The van der Waals surface area contributed by atoms with Crippen molar-refractivity contribution in [2.24, 2.45) is 11.8 Å². The Morgan fingerprint density at radius 1 is 0.865 bits per heavy atom. The monoisotopic (exact) mass is 520 g/mol. The van der Waals surface area contributed by atoms with Gasteiger partial charge in [-0.05, 0) is 73.9 Å². The van der Waals surface area contributed by atoms with Gasteiger partial charge in [-0.2, -0.15) is 4.39 Å². The van der Waals surface area contributed by atoms with E-state index in [1.54, 1.807) is 12.1 Å². The lowest BCUT2D eigenvalue weighted by Gasteiger charge is -2.31. The number of nitrogens with zero attached hydrogens (tertiary/aromatic N) is 3. The van der Waals surface area contributed by atoms with Crippen LogP contribution in [0.15, 0.2) is 36.4 Å². The first-order valence-corrected chi connectivity index (χ1v) is 12.5. The quantitative estimate of drug-likeness (QED) is 0.385. The molecule has 2 saturated heterocycles. The van der Waals surface area contributed by atoms with E-state index >= 15 is 0 Å². The van der Waals surface area contributed by atoms with Crippen molar-refractivity contribution < 1.29 is 24.5 Å². The molecule has 0 spiro atoms. The molecule has 3 N–H and O–H groups in total. The molecular formula is C26H37FN4O6. The van der Waals surface area contributed by atoms with E-state index in [4.69, 9.17) is 10.2 Å². The van der Waals surface area contributed by atoms with E-state index < -0.39 is 16.4 Å². The number of hydrogen-bond acceptors (Lipinski definition) is 8. The molecule has 11 heteroatoms. The topological polar surface area (TPSA) is 142 Å². The van der Waals surface area contributed by atoms with Crippen LogP contribution in [0.2, 0.25) is 0 Å². The van der Waals surface area contributed by atoms with Crippen LogP contribution in [0.5, 0.6) is 0 Å². The molecule has 204 valence electrons. The Bertz CT molecular complexity index is 1020. The molecule has 0 aliphatic carbocycles. The minimum atomic E-state index is -0.891.